The zero-order chi connectivity index (χ0) is 15.4. The Morgan fingerprint density at radius 1 is 1.38 bits per heavy atom. The summed E-state index contributed by atoms with van der Waals surface area (Å²) in [5, 5.41) is 0.705. The Morgan fingerprint density at radius 3 is 2.62 bits per heavy atom. The molecule has 116 valence electrons. The van der Waals surface area contributed by atoms with Crippen molar-refractivity contribution < 1.29 is 9.53 Å². The molecule has 1 aromatic rings. The average Bonchev–Trinajstić information content (AvgIpc) is 2.47. The topological polar surface area (TPSA) is 58.8 Å². The van der Waals surface area contributed by atoms with Crippen molar-refractivity contribution in [1.82, 2.24) is 9.80 Å². The van der Waals surface area contributed by atoms with Gasteiger partial charge in [-0.15, -0.1) is 0 Å². The van der Waals surface area contributed by atoms with Gasteiger partial charge in [0.2, 0.25) is 5.91 Å². The largest absolute Gasteiger partial charge is 0.496 e. The fourth-order valence-electron chi connectivity index (χ4n) is 2.53. The van der Waals surface area contributed by atoms with Crippen molar-refractivity contribution in [2.24, 2.45) is 5.73 Å². The number of halogens is 1. The van der Waals surface area contributed by atoms with E-state index in [1.54, 1.807) is 14.0 Å². The minimum atomic E-state index is -0.426. The maximum absolute atomic E-state index is 11.9. The van der Waals surface area contributed by atoms with Crippen molar-refractivity contribution in [1.29, 1.82) is 0 Å². The summed E-state index contributed by atoms with van der Waals surface area (Å²) in [4.78, 5) is 16.0. The van der Waals surface area contributed by atoms with Gasteiger partial charge in [-0.3, -0.25) is 9.69 Å². The van der Waals surface area contributed by atoms with Gasteiger partial charge in [0.15, 0.2) is 0 Å². The number of ether oxygens (including phenoxy) is 1. The Morgan fingerprint density at radius 2 is 2.05 bits per heavy atom. The molecule has 2 rings (SSSR count). The lowest BCUT2D eigenvalue weighted by Gasteiger charge is -2.35. The van der Waals surface area contributed by atoms with E-state index in [2.05, 4.69) is 4.90 Å². The first kappa shape index (κ1) is 16.1. The first-order valence-electron chi connectivity index (χ1n) is 7.10. The third-order valence-corrected chi connectivity index (χ3v) is 3.94. The van der Waals surface area contributed by atoms with Gasteiger partial charge < -0.3 is 15.4 Å². The molecule has 1 fully saturated rings. The number of piperazine rings is 1. The number of carbonyl (C=O) groups excluding carboxylic acids is 1. The number of rotatable bonds is 4. The molecular formula is C15H22ClN3O2. The minimum absolute atomic E-state index is 0.0231. The molecule has 0 unspecified atom stereocenters. The normalized spacial score (nSPS) is 17.6. The Hall–Kier alpha value is -1.30. The smallest absolute Gasteiger partial charge is 0.239 e. The van der Waals surface area contributed by atoms with Gasteiger partial charge in [0.25, 0.3) is 0 Å². The molecule has 2 N–H and O–H groups in total. The van der Waals surface area contributed by atoms with Crippen molar-refractivity contribution >= 4 is 17.5 Å². The first-order valence-corrected chi connectivity index (χ1v) is 7.48. The standard InChI is InChI=1S/C15H22ClN3O2/c1-11(17)15(20)19-7-5-18(6-8-19)10-12-9-13(16)3-4-14(12)21-2/h3-4,9,11H,5-8,10,17H2,1-2H3/t11-/m1/s1. The number of hydrogen-bond acceptors (Lipinski definition) is 4. The molecule has 0 aliphatic carbocycles. The number of hydrogen-bond donors (Lipinski definition) is 1. The van der Waals surface area contributed by atoms with Crippen LogP contribution < -0.4 is 10.5 Å². The monoisotopic (exact) mass is 311 g/mol. The van der Waals surface area contributed by atoms with E-state index in [0.29, 0.717) is 18.1 Å². The van der Waals surface area contributed by atoms with E-state index in [1.165, 1.54) is 0 Å². The van der Waals surface area contributed by atoms with Crippen molar-refractivity contribution in [2.75, 3.05) is 33.3 Å². The molecule has 6 heteroatoms. The summed E-state index contributed by atoms with van der Waals surface area (Å²) in [5.41, 5.74) is 6.71. The molecule has 5 nitrogen and oxygen atoms in total. The summed E-state index contributed by atoms with van der Waals surface area (Å²) in [5.74, 6) is 0.864. The second kappa shape index (κ2) is 7.11. The van der Waals surface area contributed by atoms with E-state index < -0.39 is 6.04 Å². The van der Waals surface area contributed by atoms with Gasteiger partial charge in [-0.2, -0.15) is 0 Å². The van der Waals surface area contributed by atoms with Crippen LogP contribution in [0.4, 0.5) is 0 Å². The van der Waals surface area contributed by atoms with Gasteiger partial charge >= 0.3 is 0 Å². The van der Waals surface area contributed by atoms with Crippen molar-refractivity contribution in [2.45, 2.75) is 19.5 Å². The fraction of sp³-hybridized carbons (Fsp3) is 0.533. The number of nitrogens with zero attached hydrogens (tertiary/aromatic N) is 2. The summed E-state index contributed by atoms with van der Waals surface area (Å²) in [6.45, 7) is 5.57. The van der Waals surface area contributed by atoms with Crippen LogP contribution >= 0.6 is 11.6 Å². The minimum Gasteiger partial charge on any atom is -0.496 e. The van der Waals surface area contributed by atoms with Crippen LogP contribution in [0.15, 0.2) is 18.2 Å². The molecule has 1 aliphatic rings. The van der Waals surface area contributed by atoms with E-state index in [-0.39, 0.29) is 5.91 Å². The SMILES string of the molecule is COc1ccc(Cl)cc1CN1CCN(C(=O)[C@@H](C)N)CC1. The van der Waals surface area contributed by atoms with Crippen LogP contribution in [0.25, 0.3) is 0 Å². The Labute approximate surface area is 130 Å². The molecule has 1 aliphatic heterocycles. The van der Waals surface area contributed by atoms with Gasteiger partial charge in [0.05, 0.1) is 13.2 Å². The van der Waals surface area contributed by atoms with Gasteiger partial charge in [-0.25, -0.2) is 0 Å². The number of benzene rings is 1. The zero-order valence-corrected chi connectivity index (χ0v) is 13.3. The zero-order valence-electron chi connectivity index (χ0n) is 12.5. The molecule has 1 aromatic carbocycles. The van der Waals surface area contributed by atoms with Gasteiger partial charge in [-0.1, -0.05) is 11.6 Å². The molecule has 1 amide bonds. The van der Waals surface area contributed by atoms with E-state index in [0.717, 1.165) is 30.9 Å². The van der Waals surface area contributed by atoms with E-state index in [4.69, 9.17) is 22.1 Å². The number of carbonyl (C=O) groups is 1. The van der Waals surface area contributed by atoms with Crippen LogP contribution in [0, 0.1) is 0 Å². The van der Waals surface area contributed by atoms with E-state index in [9.17, 15) is 4.79 Å². The summed E-state index contributed by atoms with van der Waals surface area (Å²) < 4.78 is 5.37. The van der Waals surface area contributed by atoms with E-state index >= 15 is 0 Å². The molecule has 0 aromatic heterocycles. The highest BCUT2D eigenvalue weighted by atomic mass is 35.5. The molecule has 21 heavy (non-hydrogen) atoms. The molecule has 0 radical (unpaired) electrons. The summed E-state index contributed by atoms with van der Waals surface area (Å²) in [7, 11) is 1.66. The maximum Gasteiger partial charge on any atom is 0.239 e. The molecule has 0 saturated carbocycles. The van der Waals surface area contributed by atoms with Crippen molar-refractivity contribution in [3.63, 3.8) is 0 Å². The maximum atomic E-state index is 11.9. The molecule has 0 spiro atoms. The highest BCUT2D eigenvalue weighted by molar-refractivity contribution is 6.30. The summed E-state index contributed by atoms with van der Waals surface area (Å²) in [6.07, 6.45) is 0. The van der Waals surface area contributed by atoms with Crippen LogP contribution in [0.5, 0.6) is 5.75 Å². The second-order valence-corrected chi connectivity index (χ2v) is 5.78. The highest BCUT2D eigenvalue weighted by Gasteiger charge is 2.23. The highest BCUT2D eigenvalue weighted by Crippen LogP contribution is 2.24. The van der Waals surface area contributed by atoms with Crippen LogP contribution in [0.3, 0.4) is 0 Å². The third kappa shape index (κ3) is 4.09. The fourth-order valence-corrected chi connectivity index (χ4v) is 2.72. The molecule has 1 heterocycles. The molecule has 1 atom stereocenters. The van der Waals surface area contributed by atoms with Crippen LogP contribution in [-0.4, -0.2) is 55.0 Å². The summed E-state index contributed by atoms with van der Waals surface area (Å²) >= 11 is 6.05. The predicted molar refractivity (Wildman–Crippen MR) is 83.5 cm³/mol. The molecule has 1 saturated heterocycles. The molecule has 0 bridgehead atoms. The van der Waals surface area contributed by atoms with Crippen molar-refractivity contribution in [3.05, 3.63) is 28.8 Å². The van der Waals surface area contributed by atoms with Crippen LogP contribution in [-0.2, 0) is 11.3 Å². The quantitative estimate of drug-likeness (QED) is 0.911. The lowest BCUT2D eigenvalue weighted by atomic mass is 10.1. The predicted octanol–water partition coefficient (Wildman–Crippen LogP) is 1.34. The van der Waals surface area contributed by atoms with Gasteiger partial charge in [0, 0.05) is 43.3 Å². The Bertz CT molecular complexity index is 500. The number of amides is 1. The first-order chi connectivity index (χ1) is 10.0. The van der Waals surface area contributed by atoms with Crippen molar-refractivity contribution in [3.8, 4) is 5.75 Å². The molecular weight excluding hydrogens is 290 g/mol. The van der Waals surface area contributed by atoms with Gasteiger partial charge in [-0.05, 0) is 25.1 Å². The van der Waals surface area contributed by atoms with Gasteiger partial charge in [0.1, 0.15) is 5.75 Å². The van der Waals surface area contributed by atoms with Crippen LogP contribution in [0.1, 0.15) is 12.5 Å². The number of nitrogens with two attached hydrogens (primary N) is 1. The summed E-state index contributed by atoms with van der Waals surface area (Å²) in [6, 6.07) is 5.21. The lowest BCUT2D eigenvalue weighted by Crippen LogP contribution is -2.52. The Kier molecular flexibility index (Phi) is 5.45. The third-order valence-electron chi connectivity index (χ3n) is 3.71. The Balaban J connectivity index is 1.95. The number of methoxy groups -OCH3 is 1. The van der Waals surface area contributed by atoms with E-state index in [1.807, 2.05) is 23.1 Å². The lowest BCUT2D eigenvalue weighted by molar-refractivity contribution is -0.134. The average molecular weight is 312 g/mol. The second-order valence-electron chi connectivity index (χ2n) is 5.35. The van der Waals surface area contributed by atoms with Crippen LogP contribution in [0.2, 0.25) is 5.02 Å².